The van der Waals surface area contributed by atoms with E-state index in [0.717, 1.165) is 33.9 Å². The number of imide groups is 1. The number of aromatic nitrogens is 1. The van der Waals surface area contributed by atoms with Crippen molar-refractivity contribution in [2.75, 3.05) is 31.1 Å². The molecule has 0 bridgehead atoms. The third-order valence-corrected chi connectivity index (χ3v) is 6.58. The second-order valence-corrected chi connectivity index (χ2v) is 8.80. The smallest absolute Gasteiger partial charge is 0.306 e. The van der Waals surface area contributed by atoms with Crippen LogP contribution in [0.1, 0.15) is 18.4 Å². The molecule has 164 valence electrons. The van der Waals surface area contributed by atoms with Crippen LogP contribution in [0.15, 0.2) is 35.4 Å². The molecule has 1 unspecified atom stereocenters. The molecule has 3 aliphatic heterocycles. The molecule has 5 rings (SSSR count). The fraction of sp³-hybridized carbons (Fsp3) is 0.318. The number of cyclic esters (lactones) is 1. The van der Waals surface area contributed by atoms with E-state index < -0.39 is 6.10 Å². The first-order chi connectivity index (χ1) is 15.5. The Bertz CT molecular complexity index is 1170. The van der Waals surface area contributed by atoms with Gasteiger partial charge in [0.1, 0.15) is 0 Å². The van der Waals surface area contributed by atoms with Crippen molar-refractivity contribution in [3.8, 4) is 0 Å². The van der Waals surface area contributed by atoms with Gasteiger partial charge in [-0.25, -0.2) is 0 Å². The highest BCUT2D eigenvalue weighted by atomic mass is 32.2. The zero-order chi connectivity index (χ0) is 22.2. The van der Waals surface area contributed by atoms with Crippen LogP contribution in [0.3, 0.4) is 0 Å². The monoisotopic (exact) mass is 452 g/mol. The molecule has 3 saturated heterocycles. The van der Waals surface area contributed by atoms with Gasteiger partial charge in [0, 0.05) is 56.3 Å². The van der Waals surface area contributed by atoms with E-state index in [-0.39, 0.29) is 23.0 Å². The molecule has 0 saturated carbocycles. The van der Waals surface area contributed by atoms with E-state index in [2.05, 4.69) is 15.2 Å². The molecule has 10 heteroatoms. The fourth-order valence-electron chi connectivity index (χ4n) is 4.16. The van der Waals surface area contributed by atoms with Gasteiger partial charge in [-0.3, -0.25) is 29.5 Å². The Hall–Kier alpha value is -3.40. The van der Waals surface area contributed by atoms with E-state index in [0.29, 0.717) is 43.9 Å². The molecule has 0 spiro atoms. The SMILES string of the molecule is O=C1CCC(C(=O)N2CCN(c3ccnc4ccc(/C=C5/SC(=O)NC5=O)cc34)CC2)O1. The Morgan fingerprint density at radius 3 is 2.66 bits per heavy atom. The second-order valence-electron chi connectivity index (χ2n) is 7.79. The Kier molecular flexibility index (Phi) is 5.30. The Morgan fingerprint density at radius 1 is 1.16 bits per heavy atom. The third-order valence-electron chi connectivity index (χ3n) is 5.77. The summed E-state index contributed by atoms with van der Waals surface area (Å²) in [6.07, 6.45) is 3.55. The molecule has 0 aliphatic carbocycles. The molecule has 1 N–H and O–H groups in total. The van der Waals surface area contributed by atoms with Gasteiger partial charge in [0.25, 0.3) is 17.1 Å². The number of benzene rings is 1. The van der Waals surface area contributed by atoms with Crippen LogP contribution in [0.4, 0.5) is 10.5 Å². The molecule has 32 heavy (non-hydrogen) atoms. The number of rotatable bonds is 3. The number of anilines is 1. The summed E-state index contributed by atoms with van der Waals surface area (Å²) in [5.41, 5.74) is 2.62. The van der Waals surface area contributed by atoms with Crippen LogP contribution < -0.4 is 10.2 Å². The number of hydrogen-bond acceptors (Lipinski definition) is 8. The van der Waals surface area contributed by atoms with Crippen LogP contribution in [-0.4, -0.2) is 65.2 Å². The molecule has 1 atom stereocenters. The minimum Gasteiger partial charge on any atom is -0.452 e. The van der Waals surface area contributed by atoms with Gasteiger partial charge >= 0.3 is 5.97 Å². The maximum Gasteiger partial charge on any atom is 0.306 e. The van der Waals surface area contributed by atoms with Gasteiger partial charge in [0.15, 0.2) is 6.10 Å². The number of amides is 3. The lowest BCUT2D eigenvalue weighted by molar-refractivity contribution is -0.153. The largest absolute Gasteiger partial charge is 0.452 e. The van der Waals surface area contributed by atoms with Crippen LogP contribution in [-0.2, 0) is 19.1 Å². The molecule has 1 aromatic carbocycles. The summed E-state index contributed by atoms with van der Waals surface area (Å²) in [6.45, 7) is 2.37. The summed E-state index contributed by atoms with van der Waals surface area (Å²) in [7, 11) is 0. The normalized spacial score (nSPS) is 22.6. The van der Waals surface area contributed by atoms with Crippen LogP contribution in [0.25, 0.3) is 17.0 Å². The lowest BCUT2D eigenvalue weighted by atomic mass is 10.1. The number of nitrogens with one attached hydrogen (secondary N) is 1. The number of esters is 1. The molecule has 9 nitrogen and oxygen atoms in total. The fourth-order valence-corrected chi connectivity index (χ4v) is 4.84. The molecule has 1 aromatic heterocycles. The number of hydrogen-bond donors (Lipinski definition) is 1. The van der Waals surface area contributed by atoms with E-state index >= 15 is 0 Å². The summed E-state index contributed by atoms with van der Waals surface area (Å²) in [6, 6.07) is 7.65. The first-order valence-corrected chi connectivity index (χ1v) is 11.2. The van der Waals surface area contributed by atoms with Crippen molar-refractivity contribution in [2.45, 2.75) is 18.9 Å². The maximum atomic E-state index is 12.6. The average molecular weight is 452 g/mol. The summed E-state index contributed by atoms with van der Waals surface area (Å²) in [4.78, 5) is 56.0. The maximum absolute atomic E-state index is 12.6. The van der Waals surface area contributed by atoms with E-state index in [4.69, 9.17) is 4.74 Å². The first kappa shape index (κ1) is 20.5. The highest BCUT2D eigenvalue weighted by Crippen LogP contribution is 2.30. The van der Waals surface area contributed by atoms with Crippen molar-refractivity contribution >= 4 is 57.5 Å². The Morgan fingerprint density at radius 2 is 1.97 bits per heavy atom. The number of nitrogens with zero attached hydrogens (tertiary/aromatic N) is 3. The number of carbonyl (C=O) groups excluding carboxylic acids is 4. The summed E-state index contributed by atoms with van der Waals surface area (Å²) >= 11 is 0.886. The first-order valence-electron chi connectivity index (χ1n) is 10.3. The van der Waals surface area contributed by atoms with Gasteiger partial charge in [0.2, 0.25) is 0 Å². The van der Waals surface area contributed by atoms with Crippen LogP contribution in [0.2, 0.25) is 0 Å². The van der Waals surface area contributed by atoms with Crippen molar-refractivity contribution in [3.63, 3.8) is 0 Å². The third kappa shape index (κ3) is 3.93. The highest BCUT2D eigenvalue weighted by molar-refractivity contribution is 8.18. The van der Waals surface area contributed by atoms with E-state index in [1.807, 2.05) is 24.3 Å². The van der Waals surface area contributed by atoms with E-state index in [9.17, 15) is 19.2 Å². The van der Waals surface area contributed by atoms with Crippen LogP contribution in [0.5, 0.6) is 0 Å². The van der Waals surface area contributed by atoms with E-state index in [1.165, 1.54) is 0 Å². The number of ether oxygens (including phenoxy) is 1. The molecular weight excluding hydrogens is 432 g/mol. The minimum atomic E-state index is -0.649. The van der Waals surface area contributed by atoms with Gasteiger partial charge in [-0.1, -0.05) is 6.07 Å². The van der Waals surface area contributed by atoms with Gasteiger partial charge in [0.05, 0.1) is 10.4 Å². The van der Waals surface area contributed by atoms with Crippen molar-refractivity contribution in [3.05, 3.63) is 40.9 Å². The number of carbonyl (C=O) groups is 4. The zero-order valence-corrected chi connectivity index (χ0v) is 17.9. The number of thioether (sulfide) groups is 1. The molecule has 2 aromatic rings. The van der Waals surface area contributed by atoms with Gasteiger partial charge in [-0.05, 0) is 41.6 Å². The zero-order valence-electron chi connectivity index (χ0n) is 17.1. The topological polar surface area (TPSA) is 109 Å². The summed E-state index contributed by atoms with van der Waals surface area (Å²) < 4.78 is 5.12. The van der Waals surface area contributed by atoms with Gasteiger partial charge in [-0.2, -0.15) is 0 Å². The minimum absolute atomic E-state index is 0.120. The predicted molar refractivity (Wildman–Crippen MR) is 119 cm³/mol. The molecule has 3 amide bonds. The van der Waals surface area contributed by atoms with Crippen molar-refractivity contribution in [1.29, 1.82) is 0 Å². The quantitative estimate of drug-likeness (QED) is 0.556. The van der Waals surface area contributed by atoms with E-state index in [1.54, 1.807) is 17.2 Å². The van der Waals surface area contributed by atoms with Crippen molar-refractivity contribution < 1.29 is 23.9 Å². The van der Waals surface area contributed by atoms with Gasteiger partial charge < -0.3 is 14.5 Å². The second kappa shape index (κ2) is 8.27. The number of piperazine rings is 1. The van der Waals surface area contributed by atoms with Crippen LogP contribution >= 0.6 is 11.8 Å². The molecule has 3 aliphatic rings. The average Bonchev–Trinajstić information content (AvgIpc) is 3.37. The Labute approximate surface area is 187 Å². The Balaban J connectivity index is 1.35. The molecule has 4 heterocycles. The summed E-state index contributed by atoms with van der Waals surface area (Å²) in [5, 5.41) is 2.82. The lowest BCUT2D eigenvalue weighted by Gasteiger charge is -2.37. The highest BCUT2D eigenvalue weighted by Gasteiger charge is 2.34. The standard InChI is InChI=1S/C22H20N4O5S/c27-19-4-3-17(31-19)21(29)26-9-7-25(8-10-26)16-5-6-23-15-2-1-13(11-14(15)16)12-18-20(28)24-22(30)32-18/h1-2,5-6,11-12,17H,3-4,7-10H2,(H,24,28,30)/b18-12+. The predicted octanol–water partition coefficient (Wildman–Crippen LogP) is 1.91. The molecule has 3 fully saturated rings. The molecule has 0 radical (unpaired) electrons. The van der Waals surface area contributed by atoms with Crippen molar-refractivity contribution in [2.24, 2.45) is 0 Å². The van der Waals surface area contributed by atoms with Crippen molar-refractivity contribution in [1.82, 2.24) is 15.2 Å². The van der Waals surface area contributed by atoms with Crippen LogP contribution in [0, 0.1) is 0 Å². The number of fused-ring (bicyclic) bond motifs is 1. The summed E-state index contributed by atoms with van der Waals surface area (Å²) in [5.74, 6) is -0.819. The molecular formula is C22H20N4O5S. The van der Waals surface area contributed by atoms with Gasteiger partial charge in [-0.15, -0.1) is 0 Å². The number of pyridine rings is 1. The lowest BCUT2D eigenvalue weighted by Crippen LogP contribution is -2.51.